The summed E-state index contributed by atoms with van der Waals surface area (Å²) in [5.74, 6) is 1.70. The quantitative estimate of drug-likeness (QED) is 0.874. The van der Waals surface area contributed by atoms with Crippen LogP contribution in [0.1, 0.15) is 18.7 Å². The number of imidazole rings is 1. The lowest BCUT2D eigenvalue weighted by atomic mass is 10.0. The van der Waals surface area contributed by atoms with E-state index in [9.17, 15) is 0 Å². The molecule has 0 aliphatic carbocycles. The van der Waals surface area contributed by atoms with Gasteiger partial charge in [0.05, 0.1) is 11.0 Å². The molecule has 2 aromatic rings. The third kappa shape index (κ3) is 2.48. The van der Waals surface area contributed by atoms with E-state index < -0.39 is 0 Å². The van der Waals surface area contributed by atoms with Crippen LogP contribution in [0.2, 0.25) is 0 Å². The van der Waals surface area contributed by atoms with Crippen LogP contribution in [0.3, 0.4) is 0 Å². The first-order valence-electron chi connectivity index (χ1n) is 6.59. The van der Waals surface area contributed by atoms with Gasteiger partial charge in [-0.15, -0.1) is 0 Å². The van der Waals surface area contributed by atoms with E-state index in [4.69, 9.17) is 4.74 Å². The molecular formula is C14H19N3O. The molecule has 4 nitrogen and oxygen atoms in total. The Hall–Kier alpha value is -1.55. The van der Waals surface area contributed by atoms with Gasteiger partial charge in [-0.2, -0.15) is 0 Å². The van der Waals surface area contributed by atoms with Crippen LogP contribution in [0.4, 0.5) is 5.69 Å². The number of H-pyrrole nitrogens is 1. The second kappa shape index (κ2) is 4.98. The van der Waals surface area contributed by atoms with Gasteiger partial charge in [-0.3, -0.25) is 0 Å². The number of aryl methyl sites for hydroxylation is 1. The molecular weight excluding hydrogens is 226 g/mol. The van der Waals surface area contributed by atoms with Gasteiger partial charge in [-0.25, -0.2) is 4.98 Å². The van der Waals surface area contributed by atoms with Crippen molar-refractivity contribution in [2.24, 2.45) is 5.92 Å². The Morgan fingerprint density at radius 3 is 3.06 bits per heavy atom. The van der Waals surface area contributed by atoms with E-state index in [2.05, 4.69) is 33.5 Å². The molecule has 1 aliphatic rings. The molecule has 0 bridgehead atoms. The average Bonchev–Trinajstić information content (AvgIpc) is 2.77. The SMILES string of the molecule is Cc1nc2ccc(NCC3CCOCC3)cc2[nH]1. The maximum atomic E-state index is 5.37. The first kappa shape index (κ1) is 11.5. The number of nitrogens with one attached hydrogen (secondary N) is 2. The lowest BCUT2D eigenvalue weighted by Gasteiger charge is -2.22. The Labute approximate surface area is 107 Å². The molecule has 2 N–H and O–H groups in total. The number of hydrogen-bond donors (Lipinski definition) is 2. The summed E-state index contributed by atoms with van der Waals surface area (Å²) in [6.07, 6.45) is 2.33. The maximum absolute atomic E-state index is 5.37. The fourth-order valence-corrected chi connectivity index (χ4v) is 2.46. The molecule has 96 valence electrons. The van der Waals surface area contributed by atoms with Crippen molar-refractivity contribution in [3.63, 3.8) is 0 Å². The Balaban J connectivity index is 1.66. The van der Waals surface area contributed by atoms with Crippen LogP contribution in [-0.4, -0.2) is 29.7 Å². The minimum Gasteiger partial charge on any atom is -0.385 e. The summed E-state index contributed by atoms with van der Waals surface area (Å²) in [7, 11) is 0. The van der Waals surface area contributed by atoms with E-state index in [0.29, 0.717) is 0 Å². The van der Waals surface area contributed by atoms with Crippen molar-refractivity contribution in [2.75, 3.05) is 25.1 Å². The number of aromatic amines is 1. The molecule has 1 saturated heterocycles. The van der Waals surface area contributed by atoms with Crippen molar-refractivity contribution >= 4 is 16.7 Å². The highest BCUT2D eigenvalue weighted by Gasteiger charge is 2.13. The van der Waals surface area contributed by atoms with Crippen LogP contribution in [0.25, 0.3) is 11.0 Å². The highest BCUT2D eigenvalue weighted by Crippen LogP contribution is 2.19. The van der Waals surface area contributed by atoms with Gasteiger partial charge in [-0.1, -0.05) is 0 Å². The smallest absolute Gasteiger partial charge is 0.104 e. The fourth-order valence-electron chi connectivity index (χ4n) is 2.46. The molecule has 2 heterocycles. The van der Waals surface area contributed by atoms with Crippen molar-refractivity contribution < 1.29 is 4.74 Å². The summed E-state index contributed by atoms with van der Waals surface area (Å²) in [5.41, 5.74) is 3.30. The third-order valence-corrected chi connectivity index (χ3v) is 3.54. The van der Waals surface area contributed by atoms with E-state index >= 15 is 0 Å². The maximum Gasteiger partial charge on any atom is 0.104 e. The lowest BCUT2D eigenvalue weighted by molar-refractivity contribution is 0.0699. The zero-order valence-electron chi connectivity index (χ0n) is 10.7. The standard InChI is InChI=1S/C14H19N3O/c1-10-16-13-3-2-12(8-14(13)17-10)15-9-11-4-6-18-7-5-11/h2-3,8,11,15H,4-7,9H2,1H3,(H,16,17). The van der Waals surface area contributed by atoms with Crippen LogP contribution in [0.5, 0.6) is 0 Å². The number of aromatic nitrogens is 2. The van der Waals surface area contributed by atoms with E-state index in [1.807, 2.05) is 6.92 Å². The van der Waals surface area contributed by atoms with E-state index in [0.717, 1.165) is 48.2 Å². The molecule has 0 atom stereocenters. The van der Waals surface area contributed by atoms with Gasteiger partial charge in [-0.05, 0) is 43.9 Å². The number of ether oxygens (including phenoxy) is 1. The zero-order chi connectivity index (χ0) is 12.4. The van der Waals surface area contributed by atoms with E-state index in [1.54, 1.807) is 0 Å². The molecule has 18 heavy (non-hydrogen) atoms. The molecule has 0 saturated carbocycles. The number of hydrogen-bond acceptors (Lipinski definition) is 3. The summed E-state index contributed by atoms with van der Waals surface area (Å²) in [6.45, 7) is 4.83. The van der Waals surface area contributed by atoms with Crippen molar-refractivity contribution in [3.05, 3.63) is 24.0 Å². The van der Waals surface area contributed by atoms with Crippen LogP contribution in [0, 0.1) is 12.8 Å². The number of anilines is 1. The molecule has 0 radical (unpaired) electrons. The van der Waals surface area contributed by atoms with Gasteiger partial charge < -0.3 is 15.0 Å². The molecule has 0 unspecified atom stereocenters. The minimum atomic E-state index is 0.734. The highest BCUT2D eigenvalue weighted by atomic mass is 16.5. The average molecular weight is 245 g/mol. The van der Waals surface area contributed by atoms with Crippen LogP contribution in [0.15, 0.2) is 18.2 Å². The summed E-state index contributed by atoms with van der Waals surface area (Å²) in [6, 6.07) is 6.29. The van der Waals surface area contributed by atoms with Gasteiger partial charge in [0, 0.05) is 25.4 Å². The number of nitrogens with zero attached hydrogens (tertiary/aromatic N) is 1. The van der Waals surface area contributed by atoms with Gasteiger partial charge in [0.15, 0.2) is 0 Å². The summed E-state index contributed by atoms with van der Waals surface area (Å²) in [5, 5.41) is 3.51. The minimum absolute atomic E-state index is 0.734. The topological polar surface area (TPSA) is 49.9 Å². The van der Waals surface area contributed by atoms with Gasteiger partial charge in [0.25, 0.3) is 0 Å². The van der Waals surface area contributed by atoms with E-state index in [-0.39, 0.29) is 0 Å². The number of fused-ring (bicyclic) bond motifs is 1. The Kier molecular flexibility index (Phi) is 3.19. The highest BCUT2D eigenvalue weighted by molar-refractivity contribution is 5.79. The summed E-state index contributed by atoms with van der Waals surface area (Å²) < 4.78 is 5.37. The van der Waals surface area contributed by atoms with Gasteiger partial charge in [0.2, 0.25) is 0 Å². The second-order valence-electron chi connectivity index (χ2n) is 4.99. The summed E-state index contributed by atoms with van der Waals surface area (Å²) in [4.78, 5) is 7.67. The van der Waals surface area contributed by atoms with Gasteiger partial charge >= 0.3 is 0 Å². The Bertz CT molecular complexity index is 529. The molecule has 0 spiro atoms. The lowest BCUT2D eigenvalue weighted by Crippen LogP contribution is -2.22. The third-order valence-electron chi connectivity index (χ3n) is 3.54. The fraction of sp³-hybridized carbons (Fsp3) is 0.500. The number of benzene rings is 1. The van der Waals surface area contributed by atoms with Crippen molar-refractivity contribution in [3.8, 4) is 0 Å². The molecule has 1 aromatic heterocycles. The van der Waals surface area contributed by atoms with Crippen molar-refractivity contribution in [1.82, 2.24) is 9.97 Å². The zero-order valence-corrected chi connectivity index (χ0v) is 10.7. The largest absolute Gasteiger partial charge is 0.385 e. The molecule has 1 fully saturated rings. The van der Waals surface area contributed by atoms with Crippen molar-refractivity contribution in [2.45, 2.75) is 19.8 Å². The van der Waals surface area contributed by atoms with Crippen LogP contribution >= 0.6 is 0 Å². The second-order valence-corrected chi connectivity index (χ2v) is 4.99. The van der Waals surface area contributed by atoms with E-state index in [1.165, 1.54) is 12.8 Å². The molecule has 4 heteroatoms. The molecule has 3 rings (SSSR count). The first-order valence-corrected chi connectivity index (χ1v) is 6.59. The number of rotatable bonds is 3. The Morgan fingerprint density at radius 1 is 1.39 bits per heavy atom. The van der Waals surface area contributed by atoms with Gasteiger partial charge in [0.1, 0.15) is 5.82 Å². The summed E-state index contributed by atoms with van der Waals surface area (Å²) >= 11 is 0. The molecule has 1 aromatic carbocycles. The molecule has 0 amide bonds. The predicted octanol–water partition coefficient (Wildman–Crippen LogP) is 2.71. The van der Waals surface area contributed by atoms with Crippen LogP contribution in [-0.2, 0) is 4.74 Å². The Morgan fingerprint density at radius 2 is 2.22 bits per heavy atom. The molecule has 1 aliphatic heterocycles. The monoisotopic (exact) mass is 245 g/mol. The first-order chi connectivity index (χ1) is 8.81. The normalized spacial score (nSPS) is 17.2. The predicted molar refractivity (Wildman–Crippen MR) is 72.9 cm³/mol. The van der Waals surface area contributed by atoms with Crippen molar-refractivity contribution in [1.29, 1.82) is 0 Å². The van der Waals surface area contributed by atoms with Crippen LogP contribution < -0.4 is 5.32 Å².